The second-order valence-corrected chi connectivity index (χ2v) is 5.06. The van der Waals surface area contributed by atoms with E-state index in [1.165, 1.54) is 6.07 Å². The average molecular weight is 310 g/mol. The summed E-state index contributed by atoms with van der Waals surface area (Å²) in [6, 6.07) is 6.60. The van der Waals surface area contributed by atoms with Crippen LogP contribution in [0.3, 0.4) is 0 Å². The fraction of sp³-hybridized carbons (Fsp3) is 0. The maximum absolute atomic E-state index is 10.0. The minimum atomic E-state index is -0.366. The van der Waals surface area contributed by atoms with Gasteiger partial charge in [0.25, 0.3) is 0 Å². The lowest BCUT2D eigenvalue weighted by Crippen LogP contribution is -1.84. The molecule has 0 aliphatic carbocycles. The van der Waals surface area contributed by atoms with Crippen LogP contribution in [0.5, 0.6) is 11.5 Å². The molecule has 0 aliphatic heterocycles. The van der Waals surface area contributed by atoms with Gasteiger partial charge in [0.15, 0.2) is 5.75 Å². The highest BCUT2D eigenvalue weighted by Gasteiger charge is 2.18. The Morgan fingerprint density at radius 3 is 2.60 bits per heavy atom. The lowest BCUT2D eigenvalue weighted by atomic mass is 10.2. The number of aromatic nitrogens is 2. The quantitative estimate of drug-likeness (QED) is 0.517. The molecule has 0 spiro atoms. The summed E-state index contributed by atoms with van der Waals surface area (Å²) in [6.07, 6.45) is 0. The maximum atomic E-state index is 10.0. The van der Waals surface area contributed by atoms with E-state index >= 15 is 0 Å². The smallest absolute Gasteiger partial charge is 0.156 e. The van der Waals surface area contributed by atoms with Crippen LogP contribution in [-0.4, -0.2) is 20.2 Å². The second-order valence-electron chi connectivity index (χ2n) is 4.28. The van der Waals surface area contributed by atoms with Crippen molar-refractivity contribution < 1.29 is 10.2 Å². The number of aromatic hydroxyl groups is 2. The van der Waals surface area contributed by atoms with Crippen LogP contribution in [-0.2, 0) is 0 Å². The molecule has 0 atom stereocenters. The third-order valence-corrected chi connectivity index (χ3v) is 3.58. The van der Waals surface area contributed by atoms with Crippen molar-refractivity contribution in [1.29, 1.82) is 0 Å². The van der Waals surface area contributed by atoms with Crippen LogP contribution >= 0.6 is 23.2 Å². The average Bonchev–Trinajstić information content (AvgIpc) is 2.83. The molecule has 5 N–H and O–H groups in total. The van der Waals surface area contributed by atoms with Crippen molar-refractivity contribution in [3.8, 4) is 22.9 Å². The number of fused-ring (bicyclic) bond motifs is 1. The number of nitrogens with zero attached hydrogens (tertiary/aromatic N) is 1. The van der Waals surface area contributed by atoms with Crippen molar-refractivity contribution in [2.45, 2.75) is 0 Å². The van der Waals surface area contributed by atoms with Gasteiger partial charge >= 0.3 is 0 Å². The maximum Gasteiger partial charge on any atom is 0.156 e. The summed E-state index contributed by atoms with van der Waals surface area (Å²) in [7, 11) is 0. The van der Waals surface area contributed by atoms with Gasteiger partial charge in [-0.25, -0.2) is 4.98 Å². The van der Waals surface area contributed by atoms with E-state index in [9.17, 15) is 10.2 Å². The number of halogens is 2. The number of benzene rings is 2. The van der Waals surface area contributed by atoms with Gasteiger partial charge in [0.1, 0.15) is 16.6 Å². The second kappa shape index (κ2) is 4.47. The Hall–Kier alpha value is -2.11. The number of nitrogens with one attached hydrogen (secondary N) is 1. The van der Waals surface area contributed by atoms with E-state index in [0.29, 0.717) is 22.6 Å². The molecule has 2 aromatic carbocycles. The molecule has 0 saturated carbocycles. The molecule has 102 valence electrons. The van der Waals surface area contributed by atoms with Crippen LogP contribution in [0.25, 0.3) is 22.4 Å². The summed E-state index contributed by atoms with van der Waals surface area (Å²) in [5, 5.41) is 19.4. The molecule has 1 heterocycles. The van der Waals surface area contributed by atoms with Gasteiger partial charge in [0, 0.05) is 5.69 Å². The van der Waals surface area contributed by atoms with Crippen LogP contribution in [0.1, 0.15) is 0 Å². The fourth-order valence-corrected chi connectivity index (χ4v) is 2.39. The predicted octanol–water partition coefficient (Wildman–Crippen LogP) is 3.53. The number of rotatable bonds is 1. The molecule has 0 aliphatic rings. The Morgan fingerprint density at radius 2 is 1.85 bits per heavy atom. The SMILES string of the molecule is Nc1ccc2nc(-c3cc(Cl)c(O)c(Cl)c3O)[nH]c2c1. The van der Waals surface area contributed by atoms with Gasteiger partial charge < -0.3 is 20.9 Å². The van der Waals surface area contributed by atoms with E-state index in [4.69, 9.17) is 28.9 Å². The van der Waals surface area contributed by atoms with Crippen LogP contribution in [0.15, 0.2) is 24.3 Å². The number of hydrogen-bond donors (Lipinski definition) is 4. The minimum Gasteiger partial charge on any atom is -0.505 e. The van der Waals surface area contributed by atoms with Crippen LogP contribution in [0.2, 0.25) is 10.0 Å². The molecule has 7 heteroatoms. The zero-order valence-electron chi connectivity index (χ0n) is 9.98. The summed E-state index contributed by atoms with van der Waals surface area (Å²) in [6.45, 7) is 0. The standard InChI is InChI=1S/C13H9Cl2N3O2/c14-7-4-6(11(19)10(15)12(7)20)13-17-8-2-1-5(16)3-9(8)18-13/h1-4,19-20H,16H2,(H,17,18). The number of phenols is 2. The number of hydrogen-bond acceptors (Lipinski definition) is 4. The highest BCUT2D eigenvalue weighted by Crippen LogP contribution is 2.44. The zero-order chi connectivity index (χ0) is 14.4. The van der Waals surface area contributed by atoms with Crippen LogP contribution in [0, 0.1) is 0 Å². The first-order valence-corrected chi connectivity index (χ1v) is 6.38. The fourth-order valence-electron chi connectivity index (χ4n) is 1.93. The largest absolute Gasteiger partial charge is 0.505 e. The van der Waals surface area contributed by atoms with Gasteiger partial charge in [-0.1, -0.05) is 23.2 Å². The van der Waals surface area contributed by atoms with E-state index in [-0.39, 0.29) is 21.5 Å². The number of nitrogen functional groups attached to an aromatic ring is 1. The Labute approximate surface area is 123 Å². The monoisotopic (exact) mass is 309 g/mol. The number of nitrogens with two attached hydrogens (primary N) is 1. The van der Waals surface area contributed by atoms with Crippen molar-refractivity contribution in [2.24, 2.45) is 0 Å². The first kappa shape index (κ1) is 12.9. The van der Waals surface area contributed by atoms with Crippen LogP contribution < -0.4 is 5.73 Å². The van der Waals surface area contributed by atoms with E-state index < -0.39 is 0 Å². The summed E-state index contributed by atoms with van der Waals surface area (Å²) in [4.78, 5) is 7.34. The third kappa shape index (κ3) is 1.92. The third-order valence-electron chi connectivity index (χ3n) is 2.93. The molecule has 3 aromatic rings. The van der Waals surface area contributed by atoms with Gasteiger partial charge in [-0.3, -0.25) is 0 Å². The Kier molecular flexibility index (Phi) is 2.88. The topological polar surface area (TPSA) is 95.2 Å². The molecule has 0 bridgehead atoms. The summed E-state index contributed by atoms with van der Waals surface area (Å²) in [5.74, 6) is -0.276. The molecule has 3 rings (SSSR count). The zero-order valence-corrected chi connectivity index (χ0v) is 11.5. The lowest BCUT2D eigenvalue weighted by molar-refractivity contribution is 0.452. The normalized spacial score (nSPS) is 11.1. The van der Waals surface area contributed by atoms with E-state index in [0.717, 1.165) is 5.52 Å². The predicted molar refractivity (Wildman–Crippen MR) is 79.3 cm³/mol. The van der Waals surface area contributed by atoms with Crippen molar-refractivity contribution >= 4 is 39.9 Å². The number of imidazole rings is 1. The molecular weight excluding hydrogens is 301 g/mol. The molecule has 5 nitrogen and oxygen atoms in total. The molecule has 0 saturated heterocycles. The highest BCUT2D eigenvalue weighted by molar-refractivity contribution is 6.38. The summed E-state index contributed by atoms with van der Waals surface area (Å²) < 4.78 is 0. The highest BCUT2D eigenvalue weighted by atomic mass is 35.5. The Morgan fingerprint density at radius 1 is 1.10 bits per heavy atom. The van der Waals surface area contributed by atoms with Crippen molar-refractivity contribution in [1.82, 2.24) is 9.97 Å². The lowest BCUT2D eigenvalue weighted by Gasteiger charge is -2.07. The van der Waals surface area contributed by atoms with E-state index in [2.05, 4.69) is 9.97 Å². The van der Waals surface area contributed by atoms with Crippen LogP contribution in [0.4, 0.5) is 5.69 Å². The van der Waals surface area contributed by atoms with Crippen molar-refractivity contribution in [2.75, 3.05) is 5.73 Å². The molecule has 20 heavy (non-hydrogen) atoms. The number of aromatic amines is 1. The van der Waals surface area contributed by atoms with Gasteiger partial charge in [-0.05, 0) is 24.3 Å². The number of anilines is 1. The Bertz CT molecular complexity index is 830. The summed E-state index contributed by atoms with van der Waals surface area (Å²) in [5.41, 5.74) is 8.00. The molecule has 0 amide bonds. The molecule has 1 aromatic heterocycles. The first-order chi connectivity index (χ1) is 9.47. The van der Waals surface area contributed by atoms with Gasteiger partial charge in [0.2, 0.25) is 0 Å². The summed E-state index contributed by atoms with van der Waals surface area (Å²) >= 11 is 11.7. The minimum absolute atomic E-state index is 0.0303. The molecule has 0 fully saturated rings. The number of phenolic OH excluding ortho intramolecular Hbond substituents is 2. The van der Waals surface area contributed by atoms with E-state index in [1.807, 2.05) is 0 Å². The Balaban J connectivity index is 2.25. The molecule has 0 radical (unpaired) electrons. The molecule has 0 unspecified atom stereocenters. The van der Waals surface area contributed by atoms with Crippen molar-refractivity contribution in [3.63, 3.8) is 0 Å². The van der Waals surface area contributed by atoms with Gasteiger partial charge in [-0.2, -0.15) is 0 Å². The van der Waals surface area contributed by atoms with Gasteiger partial charge in [0.05, 0.1) is 21.6 Å². The molecular formula is C13H9Cl2N3O2. The first-order valence-electron chi connectivity index (χ1n) is 5.63. The van der Waals surface area contributed by atoms with Crippen molar-refractivity contribution in [3.05, 3.63) is 34.3 Å². The van der Waals surface area contributed by atoms with Gasteiger partial charge in [-0.15, -0.1) is 0 Å². The number of H-pyrrole nitrogens is 1. The van der Waals surface area contributed by atoms with E-state index in [1.54, 1.807) is 18.2 Å².